The number of benzene rings is 1. The molecule has 0 fully saturated rings. The van der Waals surface area contributed by atoms with Gasteiger partial charge in [-0.15, -0.1) is 0 Å². The number of hydrogen-bond donors (Lipinski definition) is 14. The van der Waals surface area contributed by atoms with Gasteiger partial charge in [-0.25, -0.2) is 4.79 Å². The first kappa shape index (κ1) is 58.8. The second kappa shape index (κ2) is 28.7. The number of carbonyl (C=O) groups excluding carboxylic acids is 9. The molecule has 0 saturated carbocycles. The number of rotatable bonds is 31. The van der Waals surface area contributed by atoms with Gasteiger partial charge in [0.1, 0.15) is 42.3 Å². The Kier molecular flexibility index (Phi) is 24.8. The number of aliphatic hydroxyl groups excluding tert-OH is 1. The lowest BCUT2D eigenvalue weighted by molar-refractivity contribution is -0.144. The molecule has 0 bridgehead atoms. The van der Waals surface area contributed by atoms with Crippen LogP contribution in [-0.2, 0) is 64.0 Å². The quantitative estimate of drug-likeness (QED) is 0.0334. The topological polar surface area (TPSA) is 448 Å². The third-order valence-corrected chi connectivity index (χ3v) is 9.91. The van der Waals surface area contributed by atoms with E-state index in [9.17, 15) is 78.0 Å². The molecule has 1 rings (SSSR count). The van der Waals surface area contributed by atoms with E-state index in [1.165, 1.54) is 13.8 Å². The Balaban J connectivity index is 3.49. The van der Waals surface area contributed by atoms with Gasteiger partial charge in [0.2, 0.25) is 53.2 Å². The fraction of sp³-hybridized carbons (Fsp3) is 0.571. The molecule has 0 unspecified atom stereocenters. The number of primary amides is 2. The number of aliphatic hydroxyl groups is 1. The number of amides is 9. The summed E-state index contributed by atoms with van der Waals surface area (Å²) in [5.41, 5.74) is 16.4. The van der Waals surface area contributed by atoms with Gasteiger partial charge in [0.05, 0.1) is 25.0 Å². The summed E-state index contributed by atoms with van der Waals surface area (Å²) < 4.78 is 0. The van der Waals surface area contributed by atoms with Crippen LogP contribution in [-0.4, -0.2) is 146 Å². The highest BCUT2D eigenvalue weighted by atomic mass is 16.4. The lowest BCUT2D eigenvalue weighted by Gasteiger charge is -2.29. The van der Waals surface area contributed by atoms with Crippen molar-refractivity contribution in [2.45, 2.75) is 140 Å². The van der Waals surface area contributed by atoms with Crippen molar-refractivity contribution >= 4 is 71.1 Å². The average Bonchev–Trinajstić information content (AvgIpc) is 3.22. The van der Waals surface area contributed by atoms with Crippen molar-refractivity contribution in [2.24, 2.45) is 29.0 Å². The number of nitrogens with two attached hydrogens (primary N) is 3. The van der Waals surface area contributed by atoms with Crippen molar-refractivity contribution < 1.29 is 78.0 Å². The maximum Gasteiger partial charge on any atom is 0.326 e. The van der Waals surface area contributed by atoms with Crippen LogP contribution in [0.1, 0.15) is 85.1 Å². The average molecular weight is 965 g/mol. The van der Waals surface area contributed by atoms with Crippen molar-refractivity contribution in [1.82, 2.24) is 37.2 Å². The highest BCUT2D eigenvalue weighted by molar-refractivity contribution is 5.99. The summed E-state index contributed by atoms with van der Waals surface area (Å²) in [5, 5.41) is 55.0. The van der Waals surface area contributed by atoms with E-state index in [4.69, 9.17) is 17.2 Å². The number of carbonyl (C=O) groups is 12. The van der Waals surface area contributed by atoms with Crippen LogP contribution < -0.4 is 54.4 Å². The third-order valence-electron chi connectivity index (χ3n) is 9.91. The fourth-order valence-corrected chi connectivity index (χ4v) is 6.33. The van der Waals surface area contributed by atoms with E-state index in [1.807, 2.05) is 0 Å². The molecule has 378 valence electrons. The molecule has 1 aromatic carbocycles. The van der Waals surface area contributed by atoms with Crippen molar-refractivity contribution in [2.75, 3.05) is 0 Å². The van der Waals surface area contributed by atoms with E-state index in [0.29, 0.717) is 5.56 Å². The normalized spacial score (nSPS) is 15.0. The number of nitrogens with one attached hydrogen (secondary N) is 7. The summed E-state index contributed by atoms with van der Waals surface area (Å²) in [4.78, 5) is 152. The first-order valence-corrected chi connectivity index (χ1v) is 21.5. The van der Waals surface area contributed by atoms with Crippen LogP contribution in [0.3, 0.4) is 0 Å². The molecule has 9 amide bonds. The molecular weight excluding hydrogens is 901 g/mol. The van der Waals surface area contributed by atoms with Gasteiger partial charge in [-0.05, 0) is 43.6 Å². The molecule has 9 atom stereocenters. The zero-order chi connectivity index (χ0) is 52.0. The van der Waals surface area contributed by atoms with Crippen LogP contribution in [0.4, 0.5) is 0 Å². The molecule has 26 nitrogen and oxygen atoms in total. The zero-order valence-electron chi connectivity index (χ0n) is 38.3. The van der Waals surface area contributed by atoms with Crippen molar-refractivity contribution in [3.63, 3.8) is 0 Å². The van der Waals surface area contributed by atoms with Crippen LogP contribution in [0.2, 0.25) is 0 Å². The van der Waals surface area contributed by atoms with Gasteiger partial charge < -0.3 is 74.8 Å². The largest absolute Gasteiger partial charge is 0.481 e. The molecule has 0 spiro atoms. The number of hydrogen-bond acceptors (Lipinski definition) is 14. The van der Waals surface area contributed by atoms with Gasteiger partial charge in [0, 0.05) is 19.3 Å². The molecule has 0 radical (unpaired) electrons. The van der Waals surface area contributed by atoms with Crippen LogP contribution >= 0.6 is 0 Å². The Hall–Kier alpha value is -7.22. The van der Waals surface area contributed by atoms with Crippen LogP contribution in [0.5, 0.6) is 0 Å². The standard InChI is InChI=1S/C42H64N10O16/c1-19(2)15-26(37(62)49-28(18-32(58)59)39(64)52-34(21(5)53)41(66)47-25(42(67)68)11-13-29(44)54)48-38(63)27(16-22-9-7-6-8-10-22)50-40(65)33(20(3)4)51-36(61)24(12-14-31(56)57)46-35(60)23(43)17-30(45)55/h6-10,19-21,23-28,33-34,53H,11-18,43H2,1-5H3,(H2,44,54)(H2,45,55)(H,46,60)(H,47,66)(H,48,63)(H,49,62)(H,50,65)(H,51,61)(H,52,64)(H,56,57)(H,58,59)(H,67,68)/t21-,23+,24+,25+,26+,27+,28+,33+,34+/m1/s1. The summed E-state index contributed by atoms with van der Waals surface area (Å²) in [6, 6.07) is -4.78. The Morgan fingerprint density at radius 2 is 0.985 bits per heavy atom. The van der Waals surface area contributed by atoms with E-state index >= 15 is 0 Å². The Morgan fingerprint density at radius 1 is 0.515 bits per heavy atom. The first-order chi connectivity index (χ1) is 31.6. The summed E-state index contributed by atoms with van der Waals surface area (Å²) in [6.07, 6.45) is -5.66. The van der Waals surface area contributed by atoms with Gasteiger partial charge in [-0.1, -0.05) is 58.0 Å². The maximum absolute atomic E-state index is 14.2. The number of carboxylic acid groups (broad SMARTS) is 3. The SMILES string of the molecule is CC(C)C[C@H](NC(=O)[C@H](Cc1ccccc1)NC(=O)[C@@H](NC(=O)[C@H](CCC(=O)O)NC(=O)[C@@H](N)CC(N)=O)C(C)C)C(=O)N[C@@H](CC(=O)O)C(=O)N[C@H](C(=O)N[C@@H](CCC(N)=O)C(=O)O)[C@@H](C)O. The zero-order valence-corrected chi connectivity index (χ0v) is 38.3. The summed E-state index contributed by atoms with van der Waals surface area (Å²) >= 11 is 0. The predicted octanol–water partition coefficient (Wildman–Crippen LogP) is -4.40. The minimum absolute atomic E-state index is 0.122. The number of aliphatic carboxylic acids is 3. The van der Waals surface area contributed by atoms with Gasteiger partial charge >= 0.3 is 17.9 Å². The summed E-state index contributed by atoms with van der Waals surface area (Å²) in [6.45, 7) is 7.46. The van der Waals surface area contributed by atoms with E-state index in [1.54, 1.807) is 44.2 Å². The molecule has 0 saturated heterocycles. The minimum atomic E-state index is -1.95. The highest BCUT2D eigenvalue weighted by Crippen LogP contribution is 2.12. The second-order valence-electron chi connectivity index (χ2n) is 16.7. The molecule has 26 heteroatoms. The molecule has 0 aliphatic carbocycles. The second-order valence-corrected chi connectivity index (χ2v) is 16.7. The first-order valence-electron chi connectivity index (χ1n) is 21.5. The third kappa shape index (κ3) is 21.8. The molecule has 0 aliphatic rings. The van der Waals surface area contributed by atoms with Gasteiger partial charge in [-0.2, -0.15) is 0 Å². The van der Waals surface area contributed by atoms with Crippen molar-refractivity contribution in [3.8, 4) is 0 Å². The van der Waals surface area contributed by atoms with Gasteiger partial charge in [0.25, 0.3) is 0 Å². The predicted molar refractivity (Wildman–Crippen MR) is 237 cm³/mol. The lowest BCUT2D eigenvalue weighted by Crippen LogP contribution is -2.62. The lowest BCUT2D eigenvalue weighted by atomic mass is 9.99. The molecule has 0 aromatic heterocycles. The molecule has 68 heavy (non-hydrogen) atoms. The Labute approximate surface area is 391 Å². The van der Waals surface area contributed by atoms with E-state index in [2.05, 4.69) is 37.2 Å². The highest BCUT2D eigenvalue weighted by Gasteiger charge is 2.37. The van der Waals surface area contributed by atoms with E-state index in [0.717, 1.165) is 6.92 Å². The summed E-state index contributed by atoms with van der Waals surface area (Å²) in [7, 11) is 0. The maximum atomic E-state index is 14.2. The number of carboxylic acids is 3. The van der Waals surface area contributed by atoms with E-state index < -0.39 is 170 Å². The minimum Gasteiger partial charge on any atom is -0.481 e. The van der Waals surface area contributed by atoms with Gasteiger partial charge in [0.15, 0.2) is 0 Å². The van der Waals surface area contributed by atoms with Crippen LogP contribution in [0.25, 0.3) is 0 Å². The Morgan fingerprint density at radius 3 is 1.49 bits per heavy atom. The molecule has 0 heterocycles. The fourth-order valence-electron chi connectivity index (χ4n) is 6.33. The monoisotopic (exact) mass is 964 g/mol. The summed E-state index contributed by atoms with van der Waals surface area (Å²) in [5.74, 6) is -14.9. The van der Waals surface area contributed by atoms with Gasteiger partial charge in [-0.3, -0.25) is 52.7 Å². The molecule has 1 aromatic rings. The van der Waals surface area contributed by atoms with E-state index in [-0.39, 0.29) is 18.8 Å². The van der Waals surface area contributed by atoms with Crippen LogP contribution in [0, 0.1) is 11.8 Å². The molecular formula is C42H64N10O16. The smallest absolute Gasteiger partial charge is 0.326 e. The van der Waals surface area contributed by atoms with Crippen molar-refractivity contribution in [3.05, 3.63) is 35.9 Å². The molecule has 0 aliphatic heterocycles. The van der Waals surface area contributed by atoms with Crippen molar-refractivity contribution in [1.29, 1.82) is 0 Å². The molecule has 17 N–H and O–H groups in total. The van der Waals surface area contributed by atoms with Crippen LogP contribution in [0.15, 0.2) is 30.3 Å². The Bertz CT molecular complexity index is 1980.